The number of alkyl halides is 3. The van der Waals surface area contributed by atoms with Gasteiger partial charge in [-0.2, -0.15) is 13.2 Å². The minimum atomic E-state index is -4.43. The van der Waals surface area contributed by atoms with E-state index in [1.807, 2.05) is 0 Å². The van der Waals surface area contributed by atoms with Crippen molar-refractivity contribution in [2.45, 2.75) is 12.2 Å². The van der Waals surface area contributed by atoms with Crippen LogP contribution in [0.5, 0.6) is 0 Å². The molecule has 18 heavy (non-hydrogen) atoms. The summed E-state index contributed by atoms with van der Waals surface area (Å²) in [7, 11) is 0. The Morgan fingerprint density at radius 1 is 1.28 bits per heavy atom. The maximum absolute atomic E-state index is 12.8. The quantitative estimate of drug-likeness (QED) is 0.901. The molecule has 2 aromatic rings. The normalized spacial score (nSPS) is 13.6. The molecular formula is C11H8BrF3N2S. The van der Waals surface area contributed by atoms with Crippen molar-refractivity contribution in [2.75, 3.05) is 0 Å². The summed E-state index contributed by atoms with van der Waals surface area (Å²) in [5.74, 6) is 0. The van der Waals surface area contributed by atoms with E-state index in [9.17, 15) is 13.2 Å². The zero-order valence-corrected chi connectivity index (χ0v) is 11.3. The first kappa shape index (κ1) is 13.5. The first-order valence-electron chi connectivity index (χ1n) is 4.91. The van der Waals surface area contributed by atoms with Gasteiger partial charge in [-0.25, -0.2) is 0 Å². The van der Waals surface area contributed by atoms with Crippen LogP contribution in [0.15, 0.2) is 34.4 Å². The molecule has 2 rings (SSSR count). The van der Waals surface area contributed by atoms with Crippen molar-refractivity contribution in [3.05, 3.63) is 50.4 Å². The summed E-state index contributed by atoms with van der Waals surface area (Å²) in [6.45, 7) is 0. The Labute approximate surface area is 114 Å². The van der Waals surface area contributed by atoms with Crippen LogP contribution < -0.4 is 5.73 Å². The first-order chi connectivity index (χ1) is 8.39. The van der Waals surface area contributed by atoms with E-state index in [1.165, 1.54) is 17.5 Å². The van der Waals surface area contributed by atoms with Gasteiger partial charge >= 0.3 is 6.18 Å². The fourth-order valence-electron chi connectivity index (χ4n) is 1.56. The van der Waals surface area contributed by atoms with Crippen LogP contribution in [-0.2, 0) is 6.18 Å². The highest BCUT2D eigenvalue weighted by Gasteiger charge is 2.35. The van der Waals surface area contributed by atoms with E-state index < -0.39 is 17.8 Å². The summed E-state index contributed by atoms with van der Waals surface area (Å²) < 4.78 is 39.3. The molecule has 0 aromatic carbocycles. The van der Waals surface area contributed by atoms with Crippen LogP contribution in [-0.4, -0.2) is 4.98 Å². The summed E-state index contributed by atoms with van der Waals surface area (Å²) in [4.78, 5) is 4.38. The SMILES string of the molecule is NC(c1ccc(Br)s1)c1cnccc1C(F)(F)F. The van der Waals surface area contributed by atoms with Gasteiger partial charge in [0.2, 0.25) is 0 Å². The molecule has 2 heterocycles. The maximum atomic E-state index is 12.8. The predicted octanol–water partition coefficient (Wildman–Crippen LogP) is 3.97. The van der Waals surface area contributed by atoms with Crippen LogP contribution in [0, 0.1) is 0 Å². The Balaban J connectivity index is 2.45. The van der Waals surface area contributed by atoms with Crippen molar-refractivity contribution in [3.63, 3.8) is 0 Å². The zero-order chi connectivity index (χ0) is 13.3. The average Bonchev–Trinajstić information content (AvgIpc) is 2.74. The summed E-state index contributed by atoms with van der Waals surface area (Å²) in [6, 6.07) is 3.57. The molecule has 2 nitrogen and oxygen atoms in total. The largest absolute Gasteiger partial charge is 0.416 e. The van der Waals surface area contributed by atoms with Gasteiger partial charge in [0.1, 0.15) is 0 Å². The standard InChI is InChI=1S/C11H8BrF3N2S/c12-9-2-1-8(18-9)10(16)6-5-17-4-3-7(6)11(13,14)15/h1-5,10H,16H2. The van der Waals surface area contributed by atoms with Gasteiger partial charge in [-0.1, -0.05) is 0 Å². The van der Waals surface area contributed by atoms with Crippen molar-refractivity contribution in [1.29, 1.82) is 0 Å². The molecule has 2 aromatic heterocycles. The van der Waals surface area contributed by atoms with Crippen LogP contribution in [0.3, 0.4) is 0 Å². The molecule has 96 valence electrons. The van der Waals surface area contributed by atoms with Crippen LogP contribution in [0.1, 0.15) is 22.0 Å². The maximum Gasteiger partial charge on any atom is 0.416 e. The van der Waals surface area contributed by atoms with Crippen molar-refractivity contribution >= 4 is 27.3 Å². The molecule has 0 aliphatic carbocycles. The summed E-state index contributed by atoms with van der Waals surface area (Å²) >= 11 is 4.56. The highest BCUT2D eigenvalue weighted by atomic mass is 79.9. The minimum Gasteiger partial charge on any atom is -0.320 e. The highest BCUT2D eigenvalue weighted by molar-refractivity contribution is 9.11. The number of nitrogens with two attached hydrogens (primary N) is 1. The van der Waals surface area contributed by atoms with Gasteiger partial charge in [-0.15, -0.1) is 11.3 Å². The first-order valence-corrected chi connectivity index (χ1v) is 6.52. The number of aromatic nitrogens is 1. The Bertz CT molecular complexity index is 553. The average molecular weight is 337 g/mol. The van der Waals surface area contributed by atoms with Crippen LogP contribution in [0.25, 0.3) is 0 Å². The monoisotopic (exact) mass is 336 g/mol. The van der Waals surface area contributed by atoms with E-state index in [-0.39, 0.29) is 5.56 Å². The van der Waals surface area contributed by atoms with Crippen molar-refractivity contribution in [3.8, 4) is 0 Å². The number of rotatable bonds is 2. The van der Waals surface area contributed by atoms with Crippen LogP contribution >= 0.6 is 27.3 Å². The van der Waals surface area contributed by atoms with E-state index >= 15 is 0 Å². The van der Waals surface area contributed by atoms with Crippen molar-refractivity contribution in [1.82, 2.24) is 4.98 Å². The van der Waals surface area contributed by atoms with Gasteiger partial charge in [0.15, 0.2) is 0 Å². The molecule has 0 saturated carbocycles. The number of halogens is 4. The summed E-state index contributed by atoms with van der Waals surface area (Å²) in [6.07, 6.45) is -2.14. The molecule has 0 aliphatic heterocycles. The van der Waals surface area contributed by atoms with E-state index in [4.69, 9.17) is 5.73 Å². The van der Waals surface area contributed by atoms with Gasteiger partial charge < -0.3 is 5.73 Å². The number of hydrogen-bond donors (Lipinski definition) is 1. The van der Waals surface area contributed by atoms with Crippen LogP contribution in [0.4, 0.5) is 13.2 Å². The lowest BCUT2D eigenvalue weighted by Crippen LogP contribution is -2.18. The van der Waals surface area contributed by atoms with E-state index in [1.54, 1.807) is 12.1 Å². The Hall–Kier alpha value is -0.920. The molecule has 0 fully saturated rings. The topological polar surface area (TPSA) is 38.9 Å². The molecule has 1 unspecified atom stereocenters. The minimum absolute atomic E-state index is 0.0145. The molecule has 0 aliphatic rings. The number of hydrogen-bond acceptors (Lipinski definition) is 3. The number of nitrogens with zero attached hydrogens (tertiary/aromatic N) is 1. The third kappa shape index (κ3) is 2.73. The molecule has 0 radical (unpaired) electrons. The molecule has 1 atom stereocenters. The lowest BCUT2D eigenvalue weighted by Gasteiger charge is -2.16. The molecule has 2 N–H and O–H groups in total. The molecular weight excluding hydrogens is 329 g/mol. The second kappa shape index (κ2) is 4.99. The molecule has 0 amide bonds. The number of thiophene rings is 1. The van der Waals surface area contributed by atoms with Crippen LogP contribution in [0.2, 0.25) is 0 Å². The van der Waals surface area contributed by atoms with E-state index in [2.05, 4.69) is 20.9 Å². The summed E-state index contributed by atoms with van der Waals surface area (Å²) in [5, 5.41) is 0. The molecule has 0 bridgehead atoms. The van der Waals surface area contributed by atoms with Crippen molar-refractivity contribution in [2.24, 2.45) is 5.73 Å². The zero-order valence-electron chi connectivity index (χ0n) is 8.91. The molecule has 0 saturated heterocycles. The Morgan fingerprint density at radius 2 is 2.00 bits per heavy atom. The van der Waals surface area contributed by atoms with E-state index in [0.717, 1.165) is 16.0 Å². The number of pyridine rings is 1. The second-order valence-electron chi connectivity index (χ2n) is 3.58. The molecule has 7 heteroatoms. The Morgan fingerprint density at radius 3 is 2.56 bits per heavy atom. The van der Waals surface area contributed by atoms with Gasteiger partial charge in [0.05, 0.1) is 15.4 Å². The summed E-state index contributed by atoms with van der Waals surface area (Å²) in [5.41, 5.74) is 5.12. The molecule has 0 spiro atoms. The van der Waals surface area contributed by atoms with Gasteiger partial charge in [-0.05, 0) is 34.1 Å². The van der Waals surface area contributed by atoms with Crippen molar-refractivity contribution < 1.29 is 13.2 Å². The predicted molar refractivity (Wildman–Crippen MR) is 67.3 cm³/mol. The third-order valence-electron chi connectivity index (χ3n) is 2.39. The second-order valence-corrected chi connectivity index (χ2v) is 6.07. The lowest BCUT2D eigenvalue weighted by atomic mass is 10.0. The Kier molecular flexibility index (Phi) is 3.74. The van der Waals surface area contributed by atoms with Gasteiger partial charge in [-0.3, -0.25) is 4.98 Å². The lowest BCUT2D eigenvalue weighted by molar-refractivity contribution is -0.138. The van der Waals surface area contributed by atoms with E-state index in [0.29, 0.717) is 4.88 Å². The van der Waals surface area contributed by atoms with Gasteiger partial charge in [0.25, 0.3) is 0 Å². The fourth-order valence-corrected chi connectivity index (χ4v) is 3.01. The van der Waals surface area contributed by atoms with Gasteiger partial charge in [0, 0.05) is 22.8 Å². The fraction of sp³-hybridized carbons (Fsp3) is 0.182. The smallest absolute Gasteiger partial charge is 0.320 e. The highest BCUT2D eigenvalue weighted by Crippen LogP contribution is 2.37. The third-order valence-corrected chi connectivity index (χ3v) is 4.10.